The fraction of sp³-hybridized carbons (Fsp3) is 0.538. The van der Waals surface area contributed by atoms with Crippen LogP contribution in [0.1, 0.15) is 37.0 Å². The Morgan fingerprint density at radius 2 is 1.93 bits per heavy atom. The van der Waals surface area contributed by atoms with Gasteiger partial charge in [0.15, 0.2) is 0 Å². The highest BCUT2D eigenvalue weighted by Gasteiger charge is 2.05. The van der Waals surface area contributed by atoms with Crippen LogP contribution in [0.3, 0.4) is 0 Å². The van der Waals surface area contributed by atoms with Crippen LogP contribution in [0.4, 0.5) is 0 Å². The third-order valence-electron chi connectivity index (χ3n) is 2.58. The zero-order chi connectivity index (χ0) is 11.1. The Hall–Kier alpha value is -0.860. The maximum atomic E-state index is 9.72. The monoisotopic (exact) mass is 207 g/mol. The summed E-state index contributed by atoms with van der Waals surface area (Å²) in [6.45, 7) is 2.80. The Morgan fingerprint density at radius 1 is 1.27 bits per heavy atom. The Balaban J connectivity index is 2.55. The zero-order valence-corrected chi connectivity index (χ0v) is 9.66. The summed E-state index contributed by atoms with van der Waals surface area (Å²) in [6.07, 6.45) is 3.21. The largest absolute Gasteiger partial charge is 0.387 e. The first-order chi connectivity index (χ1) is 7.27. The van der Waals surface area contributed by atoms with E-state index in [-0.39, 0.29) is 0 Å². The SMILES string of the molecule is CCCCc1ccc(C(O)CNC)cc1. The Bertz CT molecular complexity index is 268. The molecule has 2 nitrogen and oxygen atoms in total. The number of benzene rings is 1. The molecule has 0 amide bonds. The number of unbranched alkanes of at least 4 members (excludes halogenated alkanes) is 1. The number of hydrogen-bond donors (Lipinski definition) is 2. The van der Waals surface area contributed by atoms with Crippen molar-refractivity contribution in [3.05, 3.63) is 35.4 Å². The molecular weight excluding hydrogens is 186 g/mol. The summed E-state index contributed by atoms with van der Waals surface area (Å²) >= 11 is 0. The highest BCUT2D eigenvalue weighted by Crippen LogP contribution is 2.14. The van der Waals surface area contributed by atoms with E-state index in [1.165, 1.54) is 18.4 Å². The molecule has 15 heavy (non-hydrogen) atoms. The Labute approximate surface area is 92.3 Å². The quantitative estimate of drug-likeness (QED) is 0.750. The molecular formula is C13H21NO. The molecule has 2 heteroatoms. The van der Waals surface area contributed by atoms with E-state index in [2.05, 4.69) is 24.4 Å². The lowest BCUT2D eigenvalue weighted by molar-refractivity contribution is 0.178. The van der Waals surface area contributed by atoms with Crippen molar-refractivity contribution in [1.29, 1.82) is 0 Å². The molecule has 2 N–H and O–H groups in total. The van der Waals surface area contributed by atoms with E-state index in [1.807, 2.05) is 19.2 Å². The number of aliphatic hydroxyl groups excluding tert-OH is 1. The van der Waals surface area contributed by atoms with E-state index < -0.39 is 6.10 Å². The van der Waals surface area contributed by atoms with Crippen molar-refractivity contribution in [3.63, 3.8) is 0 Å². The van der Waals surface area contributed by atoms with Gasteiger partial charge in [0.1, 0.15) is 0 Å². The van der Waals surface area contributed by atoms with Crippen LogP contribution in [-0.2, 0) is 6.42 Å². The first-order valence-electron chi connectivity index (χ1n) is 5.69. The van der Waals surface area contributed by atoms with Gasteiger partial charge >= 0.3 is 0 Å². The van der Waals surface area contributed by atoms with Gasteiger partial charge in [0, 0.05) is 6.54 Å². The lowest BCUT2D eigenvalue weighted by Gasteiger charge is -2.10. The number of aliphatic hydroxyl groups is 1. The molecule has 0 aliphatic heterocycles. The molecule has 0 heterocycles. The predicted octanol–water partition coefficient (Wildman–Crippen LogP) is 2.28. The predicted molar refractivity (Wildman–Crippen MR) is 63.9 cm³/mol. The van der Waals surface area contributed by atoms with E-state index in [0.29, 0.717) is 6.54 Å². The fourth-order valence-corrected chi connectivity index (χ4v) is 1.60. The van der Waals surface area contributed by atoms with Crippen LogP contribution in [0.2, 0.25) is 0 Å². The minimum absolute atomic E-state index is 0.393. The van der Waals surface area contributed by atoms with Crippen molar-refractivity contribution in [1.82, 2.24) is 5.32 Å². The maximum absolute atomic E-state index is 9.72. The number of aryl methyl sites for hydroxylation is 1. The van der Waals surface area contributed by atoms with Crippen LogP contribution in [0.5, 0.6) is 0 Å². The third-order valence-corrected chi connectivity index (χ3v) is 2.58. The molecule has 1 aromatic rings. The fourth-order valence-electron chi connectivity index (χ4n) is 1.60. The molecule has 0 bridgehead atoms. The second-order valence-electron chi connectivity index (χ2n) is 3.92. The summed E-state index contributed by atoms with van der Waals surface area (Å²) in [5.74, 6) is 0. The summed E-state index contributed by atoms with van der Waals surface area (Å²) in [4.78, 5) is 0. The van der Waals surface area contributed by atoms with Gasteiger partial charge in [-0.1, -0.05) is 37.6 Å². The van der Waals surface area contributed by atoms with E-state index in [0.717, 1.165) is 12.0 Å². The van der Waals surface area contributed by atoms with Crippen molar-refractivity contribution in [3.8, 4) is 0 Å². The Kier molecular flexibility index (Phi) is 5.37. The Morgan fingerprint density at radius 3 is 2.47 bits per heavy atom. The molecule has 0 radical (unpaired) electrons. The van der Waals surface area contributed by atoms with Crippen LogP contribution in [0.15, 0.2) is 24.3 Å². The lowest BCUT2D eigenvalue weighted by Crippen LogP contribution is -2.16. The third kappa shape index (κ3) is 4.02. The molecule has 1 unspecified atom stereocenters. The standard InChI is InChI=1S/C13H21NO/c1-3-4-5-11-6-8-12(9-7-11)13(15)10-14-2/h6-9,13-15H,3-5,10H2,1-2H3. The molecule has 1 aromatic carbocycles. The van der Waals surface area contributed by atoms with Gasteiger partial charge in [-0.3, -0.25) is 0 Å². The van der Waals surface area contributed by atoms with E-state index >= 15 is 0 Å². The van der Waals surface area contributed by atoms with Gasteiger partial charge in [-0.15, -0.1) is 0 Å². The first-order valence-corrected chi connectivity index (χ1v) is 5.69. The summed E-state index contributed by atoms with van der Waals surface area (Å²) in [7, 11) is 1.85. The lowest BCUT2D eigenvalue weighted by atomic mass is 10.0. The highest BCUT2D eigenvalue weighted by molar-refractivity contribution is 5.24. The number of likely N-dealkylation sites (N-methyl/N-ethyl adjacent to an activating group) is 1. The molecule has 1 rings (SSSR count). The molecule has 0 saturated heterocycles. The summed E-state index contributed by atoms with van der Waals surface area (Å²) in [6, 6.07) is 8.27. The van der Waals surface area contributed by atoms with Gasteiger partial charge in [0.25, 0.3) is 0 Å². The number of hydrogen-bond acceptors (Lipinski definition) is 2. The summed E-state index contributed by atoms with van der Waals surface area (Å²) < 4.78 is 0. The maximum Gasteiger partial charge on any atom is 0.0914 e. The minimum atomic E-state index is -0.393. The minimum Gasteiger partial charge on any atom is -0.387 e. The van der Waals surface area contributed by atoms with Crippen molar-refractivity contribution in [2.75, 3.05) is 13.6 Å². The van der Waals surface area contributed by atoms with Gasteiger partial charge in [-0.25, -0.2) is 0 Å². The van der Waals surface area contributed by atoms with Crippen molar-refractivity contribution in [2.24, 2.45) is 0 Å². The van der Waals surface area contributed by atoms with Gasteiger partial charge in [0.05, 0.1) is 6.10 Å². The number of nitrogens with one attached hydrogen (secondary N) is 1. The van der Waals surface area contributed by atoms with Crippen LogP contribution >= 0.6 is 0 Å². The molecule has 1 atom stereocenters. The van der Waals surface area contributed by atoms with E-state index in [9.17, 15) is 5.11 Å². The highest BCUT2D eigenvalue weighted by atomic mass is 16.3. The van der Waals surface area contributed by atoms with Crippen molar-refractivity contribution in [2.45, 2.75) is 32.3 Å². The average Bonchev–Trinajstić information content (AvgIpc) is 2.27. The van der Waals surface area contributed by atoms with Gasteiger partial charge < -0.3 is 10.4 Å². The molecule has 84 valence electrons. The van der Waals surface area contributed by atoms with Crippen LogP contribution < -0.4 is 5.32 Å². The van der Waals surface area contributed by atoms with E-state index in [1.54, 1.807) is 0 Å². The van der Waals surface area contributed by atoms with Crippen molar-refractivity contribution >= 4 is 0 Å². The smallest absolute Gasteiger partial charge is 0.0914 e. The van der Waals surface area contributed by atoms with Crippen LogP contribution in [0.25, 0.3) is 0 Å². The first kappa shape index (κ1) is 12.2. The molecule has 0 spiro atoms. The zero-order valence-electron chi connectivity index (χ0n) is 9.66. The van der Waals surface area contributed by atoms with Crippen LogP contribution in [0, 0.1) is 0 Å². The molecule has 0 fully saturated rings. The molecule has 0 saturated carbocycles. The normalized spacial score (nSPS) is 12.7. The summed E-state index contributed by atoms with van der Waals surface area (Å²) in [5.41, 5.74) is 2.35. The topological polar surface area (TPSA) is 32.3 Å². The van der Waals surface area contributed by atoms with E-state index in [4.69, 9.17) is 0 Å². The number of rotatable bonds is 6. The second kappa shape index (κ2) is 6.59. The van der Waals surface area contributed by atoms with Gasteiger partial charge in [0.2, 0.25) is 0 Å². The summed E-state index contributed by atoms with van der Waals surface area (Å²) in [5, 5.41) is 12.7. The average molecular weight is 207 g/mol. The molecule has 0 aliphatic rings. The van der Waals surface area contributed by atoms with Gasteiger partial charge in [-0.2, -0.15) is 0 Å². The molecule has 0 aliphatic carbocycles. The molecule has 0 aromatic heterocycles. The van der Waals surface area contributed by atoms with Crippen LogP contribution in [-0.4, -0.2) is 18.7 Å². The van der Waals surface area contributed by atoms with Crippen molar-refractivity contribution < 1.29 is 5.11 Å². The second-order valence-corrected chi connectivity index (χ2v) is 3.92. The van der Waals surface area contributed by atoms with Gasteiger partial charge in [-0.05, 0) is 31.0 Å².